The quantitative estimate of drug-likeness (QED) is 0.637. The Morgan fingerprint density at radius 3 is 3.05 bits per heavy atom. The average molecular weight is 315 g/mol. The molecule has 1 heterocycles. The minimum absolute atomic E-state index is 0.105. The standard InChI is InChI=1S/C14H13N5O2S/c1-21-11-4-2-3-10(5-11)18-12(20)8-22-14-17-7-9(6-15)13(16)19-14/h2-5,7H,8H2,1H3,(H,18,20)(H2,16,17,19). The van der Waals surface area contributed by atoms with E-state index in [4.69, 9.17) is 15.7 Å². The predicted molar refractivity (Wildman–Crippen MR) is 83.5 cm³/mol. The second-order valence-electron chi connectivity index (χ2n) is 4.13. The third-order valence-corrected chi connectivity index (χ3v) is 3.46. The fraction of sp³-hybridized carbons (Fsp3) is 0.143. The molecule has 0 aliphatic carbocycles. The van der Waals surface area contributed by atoms with Gasteiger partial charge in [-0.25, -0.2) is 9.97 Å². The van der Waals surface area contributed by atoms with E-state index in [1.807, 2.05) is 6.07 Å². The highest BCUT2D eigenvalue weighted by molar-refractivity contribution is 7.99. The van der Waals surface area contributed by atoms with Crippen LogP contribution in [0.1, 0.15) is 5.56 Å². The number of methoxy groups -OCH3 is 1. The van der Waals surface area contributed by atoms with E-state index in [0.717, 1.165) is 11.8 Å². The Morgan fingerprint density at radius 2 is 2.36 bits per heavy atom. The first kappa shape index (κ1) is 15.6. The van der Waals surface area contributed by atoms with Crippen molar-refractivity contribution in [2.24, 2.45) is 0 Å². The number of carbonyl (C=O) groups excluding carboxylic acids is 1. The first-order chi connectivity index (χ1) is 10.6. The van der Waals surface area contributed by atoms with Crippen LogP contribution < -0.4 is 15.8 Å². The number of nitrogens with two attached hydrogens (primary N) is 1. The maximum absolute atomic E-state index is 11.9. The van der Waals surface area contributed by atoms with Gasteiger partial charge >= 0.3 is 0 Å². The number of hydrogen-bond donors (Lipinski definition) is 2. The third kappa shape index (κ3) is 4.10. The first-order valence-electron chi connectivity index (χ1n) is 6.21. The van der Waals surface area contributed by atoms with Crippen LogP contribution in [-0.2, 0) is 4.79 Å². The highest BCUT2D eigenvalue weighted by atomic mass is 32.2. The van der Waals surface area contributed by atoms with Gasteiger partial charge in [0.1, 0.15) is 23.2 Å². The molecule has 2 rings (SSSR count). The van der Waals surface area contributed by atoms with Gasteiger partial charge in [-0.15, -0.1) is 0 Å². The molecular weight excluding hydrogens is 302 g/mol. The molecule has 0 bridgehead atoms. The van der Waals surface area contributed by atoms with Crippen LogP contribution in [0.5, 0.6) is 5.75 Å². The van der Waals surface area contributed by atoms with Crippen LogP contribution in [0, 0.1) is 11.3 Å². The zero-order chi connectivity index (χ0) is 15.9. The second kappa shape index (κ2) is 7.28. The van der Waals surface area contributed by atoms with Crippen molar-refractivity contribution in [1.29, 1.82) is 5.26 Å². The van der Waals surface area contributed by atoms with E-state index in [2.05, 4.69) is 15.3 Å². The van der Waals surface area contributed by atoms with E-state index >= 15 is 0 Å². The summed E-state index contributed by atoms with van der Waals surface area (Å²) >= 11 is 1.14. The van der Waals surface area contributed by atoms with Gasteiger partial charge in [0, 0.05) is 11.8 Å². The highest BCUT2D eigenvalue weighted by Crippen LogP contribution is 2.19. The Balaban J connectivity index is 1.92. The number of amides is 1. The van der Waals surface area contributed by atoms with Gasteiger partial charge in [0.05, 0.1) is 19.1 Å². The Labute approximate surface area is 131 Å². The monoisotopic (exact) mass is 315 g/mol. The van der Waals surface area contributed by atoms with Gasteiger partial charge in [0.25, 0.3) is 0 Å². The molecule has 0 saturated carbocycles. The summed E-state index contributed by atoms with van der Waals surface area (Å²) in [6, 6.07) is 8.94. The molecule has 1 aromatic carbocycles. The summed E-state index contributed by atoms with van der Waals surface area (Å²) in [4.78, 5) is 19.8. The van der Waals surface area contributed by atoms with E-state index in [9.17, 15) is 4.79 Å². The van der Waals surface area contributed by atoms with E-state index < -0.39 is 0 Å². The summed E-state index contributed by atoms with van der Waals surface area (Å²) in [5.74, 6) is 0.689. The number of nitriles is 1. The molecule has 0 saturated heterocycles. The summed E-state index contributed by atoms with van der Waals surface area (Å²) in [7, 11) is 1.56. The van der Waals surface area contributed by atoms with Crippen LogP contribution in [0.25, 0.3) is 0 Å². The lowest BCUT2D eigenvalue weighted by Crippen LogP contribution is -2.14. The molecule has 1 aromatic heterocycles. The Hall–Kier alpha value is -2.79. The third-order valence-electron chi connectivity index (χ3n) is 2.60. The number of ether oxygens (including phenoxy) is 1. The van der Waals surface area contributed by atoms with Crippen LogP contribution >= 0.6 is 11.8 Å². The van der Waals surface area contributed by atoms with Crippen molar-refractivity contribution in [3.05, 3.63) is 36.0 Å². The van der Waals surface area contributed by atoms with Crippen LogP contribution in [-0.4, -0.2) is 28.7 Å². The molecule has 3 N–H and O–H groups in total. The summed E-state index contributed by atoms with van der Waals surface area (Å²) in [6.07, 6.45) is 1.34. The lowest BCUT2D eigenvalue weighted by Gasteiger charge is -2.06. The zero-order valence-electron chi connectivity index (χ0n) is 11.7. The van der Waals surface area contributed by atoms with Gasteiger partial charge in [0.15, 0.2) is 5.16 Å². The van der Waals surface area contributed by atoms with Gasteiger partial charge in [-0.05, 0) is 12.1 Å². The first-order valence-corrected chi connectivity index (χ1v) is 7.20. The molecule has 1 amide bonds. The van der Waals surface area contributed by atoms with Crippen molar-refractivity contribution >= 4 is 29.2 Å². The number of rotatable bonds is 5. The number of hydrogen-bond acceptors (Lipinski definition) is 7. The molecule has 0 atom stereocenters. The van der Waals surface area contributed by atoms with Crippen LogP contribution in [0.3, 0.4) is 0 Å². The topological polar surface area (TPSA) is 114 Å². The van der Waals surface area contributed by atoms with Crippen LogP contribution in [0.15, 0.2) is 35.6 Å². The van der Waals surface area contributed by atoms with Crippen molar-refractivity contribution in [2.75, 3.05) is 23.9 Å². The summed E-state index contributed by atoms with van der Waals surface area (Å²) in [6.45, 7) is 0. The fourth-order valence-corrected chi connectivity index (χ4v) is 2.18. The highest BCUT2D eigenvalue weighted by Gasteiger charge is 2.08. The van der Waals surface area contributed by atoms with E-state index in [1.165, 1.54) is 6.20 Å². The van der Waals surface area contributed by atoms with Crippen molar-refractivity contribution in [3.8, 4) is 11.8 Å². The van der Waals surface area contributed by atoms with Crippen molar-refractivity contribution in [2.45, 2.75) is 5.16 Å². The molecule has 0 radical (unpaired) electrons. The number of anilines is 2. The van der Waals surface area contributed by atoms with Gasteiger partial charge in [-0.3, -0.25) is 4.79 Å². The Morgan fingerprint density at radius 1 is 1.55 bits per heavy atom. The lowest BCUT2D eigenvalue weighted by molar-refractivity contribution is -0.113. The Kier molecular flexibility index (Phi) is 5.16. The number of carbonyl (C=O) groups is 1. The molecule has 7 nitrogen and oxygen atoms in total. The molecule has 8 heteroatoms. The zero-order valence-corrected chi connectivity index (χ0v) is 12.6. The molecule has 0 aliphatic rings. The summed E-state index contributed by atoms with van der Waals surface area (Å²) < 4.78 is 5.08. The van der Waals surface area contributed by atoms with Gasteiger partial charge < -0.3 is 15.8 Å². The van der Waals surface area contributed by atoms with Crippen LogP contribution in [0.4, 0.5) is 11.5 Å². The largest absolute Gasteiger partial charge is 0.497 e. The number of aromatic nitrogens is 2. The average Bonchev–Trinajstić information content (AvgIpc) is 2.53. The molecule has 0 unspecified atom stereocenters. The Bertz CT molecular complexity index is 729. The smallest absolute Gasteiger partial charge is 0.234 e. The van der Waals surface area contributed by atoms with E-state index in [0.29, 0.717) is 16.6 Å². The molecule has 0 aliphatic heterocycles. The van der Waals surface area contributed by atoms with Crippen LogP contribution in [0.2, 0.25) is 0 Å². The minimum Gasteiger partial charge on any atom is -0.497 e. The van der Waals surface area contributed by atoms with Crippen molar-refractivity contribution < 1.29 is 9.53 Å². The van der Waals surface area contributed by atoms with E-state index in [1.54, 1.807) is 31.4 Å². The molecule has 2 aromatic rings. The second-order valence-corrected chi connectivity index (χ2v) is 5.07. The molecule has 0 spiro atoms. The fourth-order valence-electron chi connectivity index (χ4n) is 1.56. The molecule has 112 valence electrons. The molecule has 0 fully saturated rings. The number of nitrogens with zero attached hydrogens (tertiary/aromatic N) is 3. The van der Waals surface area contributed by atoms with E-state index in [-0.39, 0.29) is 23.0 Å². The maximum atomic E-state index is 11.9. The normalized spacial score (nSPS) is 9.82. The molecular formula is C14H13N5O2S. The maximum Gasteiger partial charge on any atom is 0.234 e. The summed E-state index contributed by atoms with van der Waals surface area (Å²) in [5, 5.41) is 11.8. The van der Waals surface area contributed by atoms with Crippen molar-refractivity contribution in [3.63, 3.8) is 0 Å². The predicted octanol–water partition coefficient (Wildman–Crippen LogP) is 1.67. The number of thioether (sulfide) groups is 1. The number of benzene rings is 1. The lowest BCUT2D eigenvalue weighted by atomic mass is 10.3. The SMILES string of the molecule is COc1cccc(NC(=O)CSc2ncc(C#N)c(N)n2)c1. The summed E-state index contributed by atoms with van der Waals surface area (Å²) in [5.41, 5.74) is 6.45. The number of nitrogens with one attached hydrogen (secondary N) is 1. The van der Waals surface area contributed by atoms with Gasteiger partial charge in [-0.1, -0.05) is 17.8 Å². The number of nitrogen functional groups attached to an aromatic ring is 1. The molecule has 22 heavy (non-hydrogen) atoms. The minimum atomic E-state index is -0.204. The van der Waals surface area contributed by atoms with Gasteiger partial charge in [-0.2, -0.15) is 5.26 Å². The van der Waals surface area contributed by atoms with Crippen molar-refractivity contribution in [1.82, 2.24) is 9.97 Å². The van der Waals surface area contributed by atoms with Gasteiger partial charge in [0.2, 0.25) is 5.91 Å².